The minimum Gasteiger partial charge on any atom is -0.547 e. The lowest BCUT2D eigenvalue weighted by atomic mass is 9.80. The molecule has 0 N–H and O–H groups in total. The molecule has 2 rings (SSSR count). The zero-order chi connectivity index (χ0) is 16.5. The molecule has 1 fully saturated rings. The predicted molar refractivity (Wildman–Crippen MR) is 101 cm³/mol. The first-order valence-corrected chi connectivity index (χ1v) is 12.7. The summed E-state index contributed by atoms with van der Waals surface area (Å²) in [4.78, 5) is 0. The van der Waals surface area contributed by atoms with Crippen molar-refractivity contribution in [2.24, 2.45) is 11.8 Å². The van der Waals surface area contributed by atoms with Crippen molar-refractivity contribution in [2.75, 3.05) is 13.2 Å². The number of rotatable bonds is 9. The van der Waals surface area contributed by atoms with E-state index >= 15 is 0 Å². The molecule has 0 radical (unpaired) electrons. The summed E-state index contributed by atoms with van der Waals surface area (Å²) < 4.78 is 12.4. The van der Waals surface area contributed by atoms with Crippen LogP contribution in [0.3, 0.4) is 0 Å². The molecule has 1 atom stereocenters. The summed E-state index contributed by atoms with van der Waals surface area (Å²) in [6.07, 6.45) is 12.7. The molecule has 1 aliphatic carbocycles. The van der Waals surface area contributed by atoms with Crippen molar-refractivity contribution in [3.8, 4) is 0 Å². The van der Waals surface area contributed by atoms with Gasteiger partial charge < -0.3 is 9.16 Å². The minimum absolute atomic E-state index is 0.749. The standard InChI is InChI=1S/C20H38O2Si/c1-4-14-23(15-5-2,16-6-3)22-20-9-7-8-19(17-20)18-10-12-21-13-11-18/h17-19H,4-16H2,1-3H3. The van der Waals surface area contributed by atoms with Gasteiger partial charge in [-0.25, -0.2) is 0 Å². The molecule has 0 spiro atoms. The van der Waals surface area contributed by atoms with Gasteiger partial charge >= 0.3 is 0 Å². The van der Waals surface area contributed by atoms with Crippen LogP contribution in [0.1, 0.15) is 72.1 Å². The quantitative estimate of drug-likeness (QED) is 0.460. The van der Waals surface area contributed by atoms with Crippen molar-refractivity contribution in [1.82, 2.24) is 0 Å². The molecule has 0 bridgehead atoms. The predicted octanol–water partition coefficient (Wildman–Crippen LogP) is 6.29. The molecule has 0 aromatic carbocycles. The SMILES string of the molecule is CCC[Si](CCC)(CCC)OC1=CC(C2CCOCC2)CCC1. The molecule has 0 amide bonds. The topological polar surface area (TPSA) is 18.5 Å². The summed E-state index contributed by atoms with van der Waals surface area (Å²) in [5.74, 6) is 2.95. The fourth-order valence-electron chi connectivity index (χ4n) is 4.69. The van der Waals surface area contributed by atoms with Crippen LogP contribution < -0.4 is 0 Å². The van der Waals surface area contributed by atoms with Crippen molar-refractivity contribution in [3.63, 3.8) is 0 Å². The van der Waals surface area contributed by atoms with E-state index in [4.69, 9.17) is 9.16 Å². The maximum Gasteiger partial charge on any atom is 0.250 e. The van der Waals surface area contributed by atoms with Gasteiger partial charge in [0.25, 0.3) is 8.32 Å². The molecule has 23 heavy (non-hydrogen) atoms. The van der Waals surface area contributed by atoms with E-state index in [0.717, 1.165) is 25.0 Å². The molecule has 2 nitrogen and oxygen atoms in total. The first-order chi connectivity index (χ1) is 11.2. The summed E-state index contributed by atoms with van der Waals surface area (Å²) in [6, 6.07) is 4.02. The average molecular weight is 339 g/mol. The van der Waals surface area contributed by atoms with Gasteiger partial charge in [-0.15, -0.1) is 0 Å². The van der Waals surface area contributed by atoms with Gasteiger partial charge in [0.15, 0.2) is 0 Å². The third-order valence-electron chi connectivity index (χ3n) is 5.70. The highest BCUT2D eigenvalue weighted by Crippen LogP contribution is 2.37. The molecule has 1 unspecified atom stereocenters. The second kappa shape index (κ2) is 9.88. The minimum atomic E-state index is -1.55. The Labute approximate surface area is 145 Å². The molecule has 1 heterocycles. The lowest BCUT2D eigenvalue weighted by molar-refractivity contribution is 0.0506. The fourth-order valence-corrected chi connectivity index (χ4v) is 9.21. The summed E-state index contributed by atoms with van der Waals surface area (Å²) in [5, 5.41) is 0. The van der Waals surface area contributed by atoms with Crippen molar-refractivity contribution in [3.05, 3.63) is 11.8 Å². The van der Waals surface area contributed by atoms with E-state index in [1.165, 1.54) is 75.3 Å². The Morgan fingerprint density at radius 1 is 1.00 bits per heavy atom. The van der Waals surface area contributed by atoms with Gasteiger partial charge in [0.1, 0.15) is 0 Å². The normalized spacial score (nSPS) is 23.6. The Morgan fingerprint density at radius 3 is 2.17 bits per heavy atom. The van der Waals surface area contributed by atoms with Gasteiger partial charge in [-0.05, 0) is 61.7 Å². The van der Waals surface area contributed by atoms with Crippen LogP contribution in [0.2, 0.25) is 18.1 Å². The smallest absolute Gasteiger partial charge is 0.250 e. The summed E-state index contributed by atoms with van der Waals surface area (Å²) in [5.41, 5.74) is 0. The second-order valence-corrected chi connectivity index (χ2v) is 11.7. The van der Waals surface area contributed by atoms with Crippen molar-refractivity contribution >= 4 is 8.32 Å². The van der Waals surface area contributed by atoms with Crippen molar-refractivity contribution in [1.29, 1.82) is 0 Å². The number of hydrogen-bond donors (Lipinski definition) is 0. The molecule has 3 heteroatoms. The van der Waals surface area contributed by atoms with Gasteiger partial charge in [-0.3, -0.25) is 0 Å². The molecule has 1 saturated heterocycles. The van der Waals surface area contributed by atoms with Gasteiger partial charge in [0, 0.05) is 19.6 Å². The zero-order valence-corrected chi connectivity index (χ0v) is 16.7. The maximum absolute atomic E-state index is 6.89. The molecule has 0 aromatic heterocycles. The van der Waals surface area contributed by atoms with Crippen LogP contribution in [-0.2, 0) is 9.16 Å². The molecule has 0 aromatic rings. The Balaban J connectivity index is 2.05. The molecular formula is C20H38O2Si. The average Bonchev–Trinajstić information content (AvgIpc) is 2.57. The first-order valence-electron chi connectivity index (χ1n) is 10.2. The van der Waals surface area contributed by atoms with Crippen LogP contribution in [0.25, 0.3) is 0 Å². The first kappa shape index (κ1) is 19.0. The van der Waals surface area contributed by atoms with Crippen LogP contribution in [0.15, 0.2) is 11.8 Å². The van der Waals surface area contributed by atoms with Gasteiger partial charge in [-0.2, -0.15) is 0 Å². The van der Waals surface area contributed by atoms with E-state index in [9.17, 15) is 0 Å². The molecule has 2 aliphatic rings. The monoisotopic (exact) mass is 338 g/mol. The largest absolute Gasteiger partial charge is 0.547 e. The van der Waals surface area contributed by atoms with E-state index in [2.05, 4.69) is 26.8 Å². The highest BCUT2D eigenvalue weighted by Gasteiger charge is 2.36. The van der Waals surface area contributed by atoms with Crippen LogP contribution in [0.5, 0.6) is 0 Å². The van der Waals surface area contributed by atoms with E-state index in [1.54, 1.807) is 0 Å². The van der Waals surface area contributed by atoms with E-state index < -0.39 is 8.32 Å². The van der Waals surface area contributed by atoms with Gasteiger partial charge in [-0.1, -0.05) is 40.0 Å². The van der Waals surface area contributed by atoms with E-state index in [-0.39, 0.29) is 0 Å². The third-order valence-corrected chi connectivity index (χ3v) is 10.6. The van der Waals surface area contributed by atoms with Crippen LogP contribution in [0.4, 0.5) is 0 Å². The molecule has 1 aliphatic heterocycles. The Hall–Kier alpha value is -0.283. The Kier molecular flexibility index (Phi) is 8.18. The van der Waals surface area contributed by atoms with Crippen molar-refractivity contribution in [2.45, 2.75) is 90.3 Å². The van der Waals surface area contributed by atoms with Crippen LogP contribution >= 0.6 is 0 Å². The summed E-state index contributed by atoms with van der Waals surface area (Å²) >= 11 is 0. The maximum atomic E-state index is 6.89. The molecule has 134 valence electrons. The van der Waals surface area contributed by atoms with E-state index in [1.807, 2.05) is 0 Å². The summed E-state index contributed by atoms with van der Waals surface area (Å²) in [7, 11) is -1.55. The Bertz CT molecular complexity index is 344. The van der Waals surface area contributed by atoms with Crippen LogP contribution in [0, 0.1) is 11.8 Å². The number of allylic oxidation sites excluding steroid dienone is 2. The molecular weight excluding hydrogens is 300 g/mol. The van der Waals surface area contributed by atoms with Gasteiger partial charge in [0.05, 0.1) is 5.76 Å². The van der Waals surface area contributed by atoms with E-state index in [0.29, 0.717) is 0 Å². The Morgan fingerprint density at radius 2 is 1.61 bits per heavy atom. The highest BCUT2D eigenvalue weighted by molar-refractivity contribution is 6.74. The highest BCUT2D eigenvalue weighted by atomic mass is 28.4. The van der Waals surface area contributed by atoms with Crippen molar-refractivity contribution < 1.29 is 9.16 Å². The number of hydrogen-bond acceptors (Lipinski definition) is 2. The van der Waals surface area contributed by atoms with Crippen LogP contribution in [-0.4, -0.2) is 21.5 Å². The number of ether oxygens (including phenoxy) is 1. The third kappa shape index (κ3) is 5.63. The zero-order valence-electron chi connectivity index (χ0n) is 15.7. The lowest BCUT2D eigenvalue weighted by Crippen LogP contribution is -2.38. The van der Waals surface area contributed by atoms with Gasteiger partial charge in [0.2, 0.25) is 0 Å². The molecule has 0 saturated carbocycles. The summed E-state index contributed by atoms with van der Waals surface area (Å²) in [6.45, 7) is 8.92. The fraction of sp³-hybridized carbons (Fsp3) is 0.900. The lowest BCUT2D eigenvalue weighted by Gasteiger charge is -2.37. The second-order valence-electron chi connectivity index (χ2n) is 7.67.